The SMILES string of the molecule is COc1ccc(-c2ccnc(C(CCC(N)=O)c3ccccc3)c2)c([N+](=O)[O-])c1. The Balaban J connectivity index is 2.05. The van der Waals surface area contributed by atoms with Crippen LogP contribution < -0.4 is 10.5 Å². The van der Waals surface area contributed by atoms with Gasteiger partial charge >= 0.3 is 0 Å². The number of benzene rings is 2. The van der Waals surface area contributed by atoms with Crippen LogP contribution in [-0.4, -0.2) is 22.9 Å². The molecule has 0 fully saturated rings. The predicted octanol–water partition coefficient (Wildman–Crippen LogP) is 4.06. The Morgan fingerprint density at radius 1 is 1.17 bits per heavy atom. The highest BCUT2D eigenvalue weighted by Crippen LogP contribution is 2.35. The number of nitrogens with two attached hydrogens (primary N) is 1. The normalized spacial score (nSPS) is 11.6. The lowest BCUT2D eigenvalue weighted by molar-refractivity contribution is -0.384. The topological polar surface area (TPSA) is 108 Å². The second kappa shape index (κ2) is 8.97. The molecule has 0 aliphatic carbocycles. The van der Waals surface area contributed by atoms with E-state index in [2.05, 4.69) is 4.98 Å². The summed E-state index contributed by atoms with van der Waals surface area (Å²) >= 11 is 0. The molecule has 7 nitrogen and oxygen atoms in total. The molecular weight excluding hydrogens is 370 g/mol. The van der Waals surface area contributed by atoms with Crippen molar-refractivity contribution in [2.75, 3.05) is 7.11 Å². The monoisotopic (exact) mass is 391 g/mol. The van der Waals surface area contributed by atoms with Gasteiger partial charge in [-0.15, -0.1) is 0 Å². The van der Waals surface area contributed by atoms with Crippen molar-refractivity contribution in [2.24, 2.45) is 5.73 Å². The third-order valence-corrected chi connectivity index (χ3v) is 4.73. The molecule has 0 spiro atoms. The summed E-state index contributed by atoms with van der Waals surface area (Å²) in [6.07, 6.45) is 2.34. The number of hydrogen-bond acceptors (Lipinski definition) is 5. The van der Waals surface area contributed by atoms with Gasteiger partial charge < -0.3 is 10.5 Å². The van der Waals surface area contributed by atoms with E-state index < -0.39 is 4.92 Å². The molecule has 0 aliphatic rings. The summed E-state index contributed by atoms with van der Waals surface area (Å²) in [6, 6.07) is 18.0. The zero-order valence-corrected chi connectivity index (χ0v) is 15.9. The van der Waals surface area contributed by atoms with Crippen molar-refractivity contribution < 1.29 is 14.5 Å². The number of carbonyl (C=O) groups is 1. The van der Waals surface area contributed by atoms with Gasteiger partial charge in [-0.25, -0.2) is 0 Å². The fourth-order valence-electron chi connectivity index (χ4n) is 3.30. The number of aromatic nitrogens is 1. The Hall–Kier alpha value is -3.74. The number of nitrogens with zero attached hydrogens (tertiary/aromatic N) is 2. The standard InChI is InChI=1S/C22H21N3O4/c1-29-17-7-8-19(21(14-17)25(27)28)16-11-12-24-20(13-16)18(9-10-22(23)26)15-5-3-2-4-6-15/h2-8,11-14,18H,9-10H2,1H3,(H2,23,26). The highest BCUT2D eigenvalue weighted by molar-refractivity contribution is 5.75. The molecule has 0 radical (unpaired) electrons. The van der Waals surface area contributed by atoms with Gasteiger partial charge in [0.2, 0.25) is 5.91 Å². The van der Waals surface area contributed by atoms with Gasteiger partial charge in [0.15, 0.2) is 0 Å². The van der Waals surface area contributed by atoms with Crippen LogP contribution in [0.3, 0.4) is 0 Å². The smallest absolute Gasteiger partial charge is 0.280 e. The van der Waals surface area contributed by atoms with E-state index in [0.717, 1.165) is 11.3 Å². The maximum absolute atomic E-state index is 11.6. The van der Waals surface area contributed by atoms with Gasteiger partial charge in [-0.2, -0.15) is 0 Å². The average molecular weight is 391 g/mol. The Morgan fingerprint density at radius 2 is 1.93 bits per heavy atom. The molecule has 3 aromatic rings. The lowest BCUT2D eigenvalue weighted by Crippen LogP contribution is -2.13. The molecule has 0 saturated heterocycles. The number of pyridine rings is 1. The first-order valence-electron chi connectivity index (χ1n) is 9.11. The Labute approximate surface area is 168 Å². The molecule has 1 amide bonds. The van der Waals surface area contributed by atoms with Crippen molar-refractivity contribution in [3.63, 3.8) is 0 Å². The van der Waals surface area contributed by atoms with Crippen LogP contribution in [0, 0.1) is 10.1 Å². The van der Waals surface area contributed by atoms with Crippen LogP contribution >= 0.6 is 0 Å². The molecule has 1 unspecified atom stereocenters. The highest BCUT2D eigenvalue weighted by Gasteiger charge is 2.20. The maximum atomic E-state index is 11.6. The van der Waals surface area contributed by atoms with Gasteiger partial charge in [0, 0.05) is 24.2 Å². The average Bonchev–Trinajstić information content (AvgIpc) is 2.74. The van der Waals surface area contributed by atoms with Crippen LogP contribution in [0.5, 0.6) is 5.75 Å². The van der Waals surface area contributed by atoms with E-state index in [0.29, 0.717) is 23.3 Å². The second-order valence-corrected chi connectivity index (χ2v) is 6.58. The number of primary amides is 1. The Morgan fingerprint density at radius 3 is 2.59 bits per heavy atom. The Bertz CT molecular complexity index is 1020. The number of hydrogen-bond donors (Lipinski definition) is 1. The van der Waals surface area contributed by atoms with Gasteiger partial charge in [0.05, 0.1) is 23.7 Å². The lowest BCUT2D eigenvalue weighted by atomic mass is 9.89. The fraction of sp³-hybridized carbons (Fsp3) is 0.182. The van der Waals surface area contributed by atoms with Gasteiger partial charge in [-0.3, -0.25) is 19.9 Å². The van der Waals surface area contributed by atoms with Gasteiger partial charge in [-0.05, 0) is 41.8 Å². The molecule has 1 atom stereocenters. The summed E-state index contributed by atoms with van der Waals surface area (Å²) in [4.78, 5) is 27.0. The molecule has 0 aliphatic heterocycles. The number of carbonyl (C=O) groups excluding carboxylic acids is 1. The van der Waals surface area contributed by atoms with Crippen molar-refractivity contribution in [1.82, 2.24) is 4.98 Å². The molecule has 2 N–H and O–H groups in total. The summed E-state index contributed by atoms with van der Waals surface area (Å²) in [6.45, 7) is 0. The molecule has 0 saturated carbocycles. The number of amides is 1. The van der Waals surface area contributed by atoms with Crippen molar-refractivity contribution in [3.8, 4) is 16.9 Å². The molecule has 0 bridgehead atoms. The molecule has 148 valence electrons. The van der Waals surface area contributed by atoms with Crippen LogP contribution in [0.25, 0.3) is 11.1 Å². The quantitative estimate of drug-likeness (QED) is 0.460. The minimum Gasteiger partial charge on any atom is -0.497 e. The van der Waals surface area contributed by atoms with E-state index in [1.54, 1.807) is 24.4 Å². The summed E-state index contributed by atoms with van der Waals surface area (Å²) in [5.41, 5.74) is 8.17. The largest absolute Gasteiger partial charge is 0.497 e. The van der Waals surface area contributed by atoms with Crippen molar-refractivity contribution >= 4 is 11.6 Å². The van der Waals surface area contributed by atoms with Crippen LogP contribution in [0.1, 0.15) is 30.0 Å². The van der Waals surface area contributed by atoms with Gasteiger partial charge in [-0.1, -0.05) is 30.3 Å². The van der Waals surface area contributed by atoms with Crippen molar-refractivity contribution in [1.29, 1.82) is 0 Å². The number of ether oxygens (including phenoxy) is 1. The second-order valence-electron chi connectivity index (χ2n) is 6.58. The summed E-state index contributed by atoms with van der Waals surface area (Å²) in [7, 11) is 1.46. The highest BCUT2D eigenvalue weighted by atomic mass is 16.6. The van der Waals surface area contributed by atoms with E-state index in [4.69, 9.17) is 10.5 Å². The Kier molecular flexibility index (Phi) is 6.19. The minimum atomic E-state index is -0.431. The number of nitro benzene ring substituents is 1. The first kappa shape index (κ1) is 20.0. The fourth-order valence-corrected chi connectivity index (χ4v) is 3.30. The van der Waals surface area contributed by atoms with Crippen LogP contribution in [0.2, 0.25) is 0 Å². The van der Waals surface area contributed by atoms with Crippen molar-refractivity contribution in [3.05, 3.63) is 88.2 Å². The summed E-state index contributed by atoms with van der Waals surface area (Å²) < 4.78 is 5.11. The zero-order valence-electron chi connectivity index (χ0n) is 15.9. The number of nitro groups is 1. The van der Waals surface area contributed by atoms with Crippen LogP contribution in [-0.2, 0) is 4.79 Å². The van der Waals surface area contributed by atoms with E-state index in [1.165, 1.54) is 13.2 Å². The molecule has 7 heteroatoms. The number of rotatable bonds is 8. The predicted molar refractivity (Wildman–Crippen MR) is 110 cm³/mol. The van der Waals surface area contributed by atoms with Gasteiger partial charge in [0.1, 0.15) is 5.75 Å². The van der Waals surface area contributed by atoms with Crippen LogP contribution in [0.4, 0.5) is 5.69 Å². The molecular formula is C22H21N3O4. The molecule has 1 heterocycles. The third kappa shape index (κ3) is 4.76. The van der Waals surface area contributed by atoms with E-state index >= 15 is 0 Å². The van der Waals surface area contributed by atoms with E-state index in [9.17, 15) is 14.9 Å². The first-order valence-corrected chi connectivity index (χ1v) is 9.11. The molecule has 29 heavy (non-hydrogen) atoms. The van der Waals surface area contributed by atoms with Crippen molar-refractivity contribution in [2.45, 2.75) is 18.8 Å². The summed E-state index contributed by atoms with van der Waals surface area (Å²) in [5, 5.41) is 11.6. The van der Waals surface area contributed by atoms with Crippen LogP contribution in [0.15, 0.2) is 66.9 Å². The lowest BCUT2D eigenvalue weighted by Gasteiger charge is -2.17. The third-order valence-electron chi connectivity index (χ3n) is 4.73. The molecule has 2 aromatic carbocycles. The van der Waals surface area contributed by atoms with Gasteiger partial charge in [0.25, 0.3) is 5.69 Å². The minimum absolute atomic E-state index is 0.0464. The van der Waals surface area contributed by atoms with E-state index in [-0.39, 0.29) is 23.9 Å². The number of methoxy groups -OCH3 is 1. The summed E-state index contributed by atoms with van der Waals surface area (Å²) in [5.74, 6) is -0.118. The van der Waals surface area contributed by atoms with E-state index in [1.807, 2.05) is 36.4 Å². The maximum Gasteiger partial charge on any atom is 0.280 e. The first-order chi connectivity index (χ1) is 14.0. The molecule has 3 rings (SSSR count). The molecule has 1 aromatic heterocycles. The zero-order chi connectivity index (χ0) is 20.8.